The van der Waals surface area contributed by atoms with E-state index < -0.39 is 5.97 Å². The maximum Gasteiger partial charge on any atom is 0.374 e. The average Bonchev–Trinajstić information content (AvgIpc) is 2.97. The molecule has 2 heterocycles. The van der Waals surface area contributed by atoms with Crippen molar-refractivity contribution in [2.24, 2.45) is 0 Å². The van der Waals surface area contributed by atoms with E-state index in [0.29, 0.717) is 16.8 Å². The molecule has 0 unspecified atom stereocenters. The van der Waals surface area contributed by atoms with Gasteiger partial charge in [-0.2, -0.15) is 0 Å². The summed E-state index contributed by atoms with van der Waals surface area (Å²) in [6.07, 6.45) is 1.58. The van der Waals surface area contributed by atoms with Crippen molar-refractivity contribution in [1.82, 2.24) is 5.16 Å². The Bertz CT molecular complexity index is 695. The maximum atomic E-state index is 10.7. The molecule has 84 valence electrons. The summed E-state index contributed by atoms with van der Waals surface area (Å²) >= 11 is 0. The van der Waals surface area contributed by atoms with Gasteiger partial charge in [0.15, 0.2) is 0 Å². The van der Waals surface area contributed by atoms with Gasteiger partial charge in [0.1, 0.15) is 11.3 Å². The minimum absolute atomic E-state index is 0.191. The fourth-order valence-corrected chi connectivity index (χ4v) is 1.70. The van der Waals surface area contributed by atoms with Gasteiger partial charge in [-0.05, 0) is 12.1 Å². The van der Waals surface area contributed by atoms with Crippen LogP contribution in [0.3, 0.4) is 0 Å². The third-order valence-electron chi connectivity index (χ3n) is 2.48. The van der Waals surface area contributed by atoms with Gasteiger partial charge in [-0.25, -0.2) is 4.79 Å². The van der Waals surface area contributed by atoms with Gasteiger partial charge in [0, 0.05) is 17.0 Å². The second-order valence-corrected chi connectivity index (χ2v) is 3.53. The molecule has 0 aliphatic rings. The Labute approximate surface area is 95.3 Å². The Morgan fingerprint density at radius 3 is 2.94 bits per heavy atom. The monoisotopic (exact) mass is 229 g/mol. The highest BCUT2D eigenvalue weighted by molar-refractivity contribution is 5.93. The number of para-hydroxylation sites is 1. The van der Waals surface area contributed by atoms with Crippen LogP contribution < -0.4 is 0 Å². The van der Waals surface area contributed by atoms with Gasteiger partial charge in [0.25, 0.3) is 0 Å². The lowest BCUT2D eigenvalue weighted by Gasteiger charge is -1.95. The van der Waals surface area contributed by atoms with Crippen molar-refractivity contribution in [2.75, 3.05) is 0 Å². The highest BCUT2D eigenvalue weighted by Crippen LogP contribution is 2.28. The number of aromatic carboxylic acids is 1. The molecule has 0 radical (unpaired) electrons. The summed E-state index contributed by atoms with van der Waals surface area (Å²) in [7, 11) is 0. The van der Waals surface area contributed by atoms with E-state index in [2.05, 4.69) is 5.16 Å². The van der Waals surface area contributed by atoms with E-state index in [0.717, 1.165) is 5.39 Å². The largest absolute Gasteiger partial charge is 0.475 e. The van der Waals surface area contributed by atoms with Crippen molar-refractivity contribution in [2.45, 2.75) is 0 Å². The molecule has 0 amide bonds. The predicted octanol–water partition coefficient (Wildman–Crippen LogP) is 2.79. The average molecular weight is 229 g/mol. The number of aromatic nitrogens is 1. The SMILES string of the molecule is O=C(O)c1cc(-c2cccc3ccoc23)no1. The Morgan fingerprint density at radius 1 is 1.29 bits per heavy atom. The number of fused-ring (bicyclic) bond motifs is 1. The van der Waals surface area contributed by atoms with Gasteiger partial charge < -0.3 is 14.0 Å². The van der Waals surface area contributed by atoms with Crippen molar-refractivity contribution >= 4 is 16.9 Å². The molecule has 5 heteroatoms. The lowest BCUT2D eigenvalue weighted by atomic mass is 10.1. The van der Waals surface area contributed by atoms with E-state index in [1.807, 2.05) is 18.2 Å². The number of hydrogen-bond acceptors (Lipinski definition) is 4. The first-order valence-corrected chi connectivity index (χ1v) is 4.92. The quantitative estimate of drug-likeness (QED) is 0.731. The number of furan rings is 1. The standard InChI is InChI=1S/C12H7NO4/c14-12(15)10-6-9(13-17-10)8-3-1-2-7-4-5-16-11(7)8/h1-6H,(H,14,15). The molecule has 0 saturated carbocycles. The summed E-state index contributed by atoms with van der Waals surface area (Å²) in [4.78, 5) is 10.7. The summed E-state index contributed by atoms with van der Waals surface area (Å²) in [5.41, 5.74) is 1.82. The summed E-state index contributed by atoms with van der Waals surface area (Å²) in [6, 6.07) is 8.76. The van der Waals surface area contributed by atoms with E-state index in [1.54, 1.807) is 12.3 Å². The second kappa shape index (κ2) is 3.48. The van der Waals surface area contributed by atoms with E-state index in [9.17, 15) is 4.79 Å². The van der Waals surface area contributed by atoms with Crippen LogP contribution in [0.5, 0.6) is 0 Å². The molecule has 0 aliphatic heterocycles. The normalized spacial score (nSPS) is 10.8. The molecular formula is C12H7NO4. The van der Waals surface area contributed by atoms with Crippen molar-refractivity contribution in [1.29, 1.82) is 0 Å². The lowest BCUT2D eigenvalue weighted by Crippen LogP contribution is -1.91. The maximum absolute atomic E-state index is 10.7. The summed E-state index contributed by atoms with van der Waals surface area (Å²) in [5, 5.41) is 13.4. The first-order valence-electron chi connectivity index (χ1n) is 4.92. The van der Waals surface area contributed by atoms with E-state index in [-0.39, 0.29) is 5.76 Å². The van der Waals surface area contributed by atoms with E-state index >= 15 is 0 Å². The van der Waals surface area contributed by atoms with Crippen LogP contribution in [0.2, 0.25) is 0 Å². The zero-order valence-corrected chi connectivity index (χ0v) is 8.58. The van der Waals surface area contributed by atoms with Crippen LogP contribution >= 0.6 is 0 Å². The Hall–Kier alpha value is -2.56. The molecule has 0 aliphatic carbocycles. The molecule has 1 aromatic carbocycles. The van der Waals surface area contributed by atoms with Gasteiger partial charge in [-0.1, -0.05) is 17.3 Å². The van der Waals surface area contributed by atoms with Crippen LogP contribution in [0, 0.1) is 0 Å². The van der Waals surface area contributed by atoms with Crippen LogP contribution in [0.4, 0.5) is 0 Å². The number of nitrogens with zero attached hydrogens (tertiary/aromatic N) is 1. The number of carbonyl (C=O) groups is 1. The van der Waals surface area contributed by atoms with Crippen LogP contribution in [0.1, 0.15) is 10.6 Å². The third kappa shape index (κ3) is 1.48. The number of hydrogen-bond donors (Lipinski definition) is 1. The molecular weight excluding hydrogens is 222 g/mol. The van der Waals surface area contributed by atoms with Gasteiger partial charge in [-0.15, -0.1) is 0 Å². The lowest BCUT2D eigenvalue weighted by molar-refractivity contribution is 0.0652. The van der Waals surface area contributed by atoms with Crippen molar-refractivity contribution in [3.8, 4) is 11.3 Å². The van der Waals surface area contributed by atoms with Gasteiger partial charge in [0.2, 0.25) is 5.76 Å². The molecule has 2 aromatic heterocycles. The van der Waals surface area contributed by atoms with Crippen molar-refractivity contribution in [3.63, 3.8) is 0 Å². The summed E-state index contributed by atoms with van der Waals surface area (Å²) in [6.45, 7) is 0. The van der Waals surface area contributed by atoms with E-state index in [4.69, 9.17) is 14.0 Å². The molecule has 0 bridgehead atoms. The van der Waals surface area contributed by atoms with Gasteiger partial charge in [-0.3, -0.25) is 0 Å². The van der Waals surface area contributed by atoms with Crippen molar-refractivity contribution < 1.29 is 18.8 Å². The topological polar surface area (TPSA) is 76.5 Å². The fourth-order valence-electron chi connectivity index (χ4n) is 1.70. The summed E-state index contributed by atoms with van der Waals surface area (Å²) < 4.78 is 10.1. The van der Waals surface area contributed by atoms with Crippen LogP contribution in [0.25, 0.3) is 22.2 Å². The molecule has 0 fully saturated rings. The Kier molecular flexibility index (Phi) is 1.98. The molecule has 3 aromatic rings. The number of carboxylic acids is 1. The van der Waals surface area contributed by atoms with Gasteiger partial charge in [0.05, 0.1) is 6.26 Å². The van der Waals surface area contributed by atoms with Crippen LogP contribution in [0.15, 0.2) is 45.5 Å². The molecule has 1 N–H and O–H groups in total. The molecule has 17 heavy (non-hydrogen) atoms. The smallest absolute Gasteiger partial charge is 0.374 e. The molecule has 5 nitrogen and oxygen atoms in total. The first kappa shape index (κ1) is 9.65. The van der Waals surface area contributed by atoms with Crippen LogP contribution in [-0.4, -0.2) is 16.2 Å². The molecule has 0 saturated heterocycles. The van der Waals surface area contributed by atoms with E-state index in [1.165, 1.54) is 6.07 Å². The Morgan fingerprint density at radius 2 is 2.18 bits per heavy atom. The highest BCUT2D eigenvalue weighted by Gasteiger charge is 2.15. The molecule has 0 spiro atoms. The molecule has 0 atom stereocenters. The second-order valence-electron chi connectivity index (χ2n) is 3.53. The minimum Gasteiger partial charge on any atom is -0.475 e. The highest BCUT2D eigenvalue weighted by atomic mass is 16.5. The minimum atomic E-state index is -1.14. The zero-order chi connectivity index (χ0) is 11.8. The van der Waals surface area contributed by atoms with Crippen molar-refractivity contribution in [3.05, 3.63) is 42.4 Å². The zero-order valence-electron chi connectivity index (χ0n) is 8.58. The number of rotatable bonds is 2. The third-order valence-corrected chi connectivity index (χ3v) is 2.48. The molecule has 3 rings (SSSR count). The fraction of sp³-hybridized carbons (Fsp3) is 0. The number of carboxylic acid groups (broad SMARTS) is 1. The van der Waals surface area contributed by atoms with Gasteiger partial charge >= 0.3 is 5.97 Å². The summed E-state index contributed by atoms with van der Waals surface area (Å²) in [5.74, 6) is -1.33. The first-order chi connectivity index (χ1) is 8.25. The number of benzene rings is 1. The predicted molar refractivity (Wildman–Crippen MR) is 58.7 cm³/mol. The van der Waals surface area contributed by atoms with Crippen LogP contribution in [-0.2, 0) is 0 Å². The Balaban J connectivity index is 2.19.